The minimum absolute atomic E-state index is 0.0239. The lowest BCUT2D eigenvalue weighted by molar-refractivity contribution is -0.158. The molecule has 0 amide bonds. The molecular weight excluding hydrogens is 344 g/mol. The highest BCUT2D eigenvalue weighted by Gasteiger charge is 2.42. The van der Waals surface area contributed by atoms with Crippen LogP contribution in [-0.2, 0) is 14.9 Å². The molecule has 0 N–H and O–H groups in total. The third kappa shape index (κ3) is 4.48. The summed E-state index contributed by atoms with van der Waals surface area (Å²) in [5, 5.41) is 0. The van der Waals surface area contributed by atoms with Crippen molar-refractivity contribution in [1.29, 1.82) is 0 Å². The maximum atomic E-state index is 13.1. The number of hydrogen-bond acceptors (Lipinski definition) is 2. The maximum absolute atomic E-state index is 13.1. The normalized spacial score (nSPS) is 23.8. The van der Waals surface area contributed by atoms with Crippen molar-refractivity contribution in [2.45, 2.75) is 70.8 Å². The van der Waals surface area contributed by atoms with Gasteiger partial charge in [-0.25, -0.2) is 0 Å². The van der Waals surface area contributed by atoms with Crippen LogP contribution in [-0.4, -0.2) is 12.1 Å². The van der Waals surface area contributed by atoms with Crippen molar-refractivity contribution in [3.63, 3.8) is 0 Å². The van der Waals surface area contributed by atoms with Gasteiger partial charge < -0.3 is 4.74 Å². The van der Waals surface area contributed by atoms with E-state index in [2.05, 4.69) is 58.0 Å². The monoisotopic (exact) mass is 378 g/mol. The topological polar surface area (TPSA) is 26.3 Å². The molecule has 2 heteroatoms. The number of carbonyl (C=O) groups excluding carboxylic acids is 1. The number of ether oxygens (including phenoxy) is 1. The van der Waals surface area contributed by atoms with E-state index in [9.17, 15) is 4.79 Å². The average molecular weight is 379 g/mol. The minimum Gasteiger partial charge on any atom is -0.462 e. The summed E-state index contributed by atoms with van der Waals surface area (Å²) in [4.78, 5) is 13.1. The Bertz CT molecular complexity index is 751. The van der Waals surface area contributed by atoms with Crippen LogP contribution in [0.3, 0.4) is 0 Å². The van der Waals surface area contributed by atoms with Gasteiger partial charge in [-0.3, -0.25) is 4.79 Å². The molecule has 0 radical (unpaired) electrons. The molecule has 4 atom stereocenters. The van der Waals surface area contributed by atoms with E-state index < -0.39 is 0 Å². The van der Waals surface area contributed by atoms with Crippen molar-refractivity contribution < 1.29 is 9.53 Å². The molecule has 1 aliphatic rings. The average Bonchev–Trinajstić information content (AvgIpc) is 2.70. The molecule has 3 rings (SSSR count). The van der Waals surface area contributed by atoms with E-state index in [1.54, 1.807) is 0 Å². The summed E-state index contributed by atoms with van der Waals surface area (Å²) in [7, 11) is 0. The molecule has 28 heavy (non-hydrogen) atoms. The number of esters is 1. The molecule has 2 aromatic rings. The number of benzene rings is 2. The van der Waals surface area contributed by atoms with Crippen LogP contribution in [0.25, 0.3) is 0 Å². The van der Waals surface area contributed by atoms with Gasteiger partial charge in [-0.1, -0.05) is 94.8 Å². The van der Waals surface area contributed by atoms with Crippen LogP contribution < -0.4 is 0 Å². The smallest absolute Gasteiger partial charge is 0.313 e. The van der Waals surface area contributed by atoms with Gasteiger partial charge in [0.1, 0.15) is 6.10 Å². The Labute approximate surface area is 170 Å². The predicted molar refractivity (Wildman–Crippen MR) is 115 cm³/mol. The van der Waals surface area contributed by atoms with E-state index in [1.165, 1.54) is 12.0 Å². The summed E-state index contributed by atoms with van der Waals surface area (Å²) in [5.41, 5.74) is 2.35. The second-order valence-corrected chi connectivity index (χ2v) is 8.96. The fourth-order valence-corrected chi connectivity index (χ4v) is 4.82. The summed E-state index contributed by atoms with van der Waals surface area (Å²) >= 11 is 0. The summed E-state index contributed by atoms with van der Waals surface area (Å²) < 4.78 is 6.25. The standard InChI is InChI=1S/C26H34O2/c1-5-22(20-12-8-6-9-13-20)25(27)28-24-18-19(2)16-17-23(24)26(3,4)21-14-10-7-11-15-21/h6-15,19,22-24H,5,16-18H2,1-4H3/t19-,22+,23-,24-/m1/s1. The first-order valence-electron chi connectivity index (χ1n) is 10.7. The molecule has 0 unspecified atom stereocenters. The fraction of sp³-hybridized carbons (Fsp3) is 0.500. The lowest BCUT2D eigenvalue weighted by atomic mass is 9.64. The molecule has 0 spiro atoms. The van der Waals surface area contributed by atoms with Crippen LogP contribution in [0, 0.1) is 11.8 Å². The largest absolute Gasteiger partial charge is 0.462 e. The number of rotatable bonds is 6. The zero-order valence-corrected chi connectivity index (χ0v) is 17.7. The van der Waals surface area contributed by atoms with E-state index in [0.717, 1.165) is 24.8 Å². The third-order valence-corrected chi connectivity index (χ3v) is 6.66. The van der Waals surface area contributed by atoms with Gasteiger partial charge in [-0.15, -0.1) is 0 Å². The van der Waals surface area contributed by atoms with Gasteiger partial charge in [0.05, 0.1) is 5.92 Å². The van der Waals surface area contributed by atoms with E-state index in [4.69, 9.17) is 4.74 Å². The number of carbonyl (C=O) groups is 1. The van der Waals surface area contributed by atoms with Crippen LogP contribution in [0.15, 0.2) is 60.7 Å². The van der Waals surface area contributed by atoms with E-state index in [-0.39, 0.29) is 23.4 Å². The number of hydrogen-bond donors (Lipinski definition) is 0. The molecule has 1 fully saturated rings. The molecule has 2 aromatic carbocycles. The second-order valence-electron chi connectivity index (χ2n) is 8.96. The molecule has 2 nitrogen and oxygen atoms in total. The maximum Gasteiger partial charge on any atom is 0.313 e. The van der Waals surface area contributed by atoms with Gasteiger partial charge in [-0.05, 0) is 41.7 Å². The van der Waals surface area contributed by atoms with Crippen LogP contribution in [0.1, 0.15) is 70.4 Å². The lowest BCUT2D eigenvalue weighted by Crippen LogP contribution is -2.44. The first kappa shape index (κ1) is 20.6. The Hall–Kier alpha value is -2.09. The fourth-order valence-electron chi connectivity index (χ4n) is 4.82. The van der Waals surface area contributed by atoms with Crippen LogP contribution >= 0.6 is 0 Å². The molecule has 150 valence electrons. The SMILES string of the molecule is CC[C@H](C(=O)O[C@@H]1C[C@H](C)CC[C@H]1C(C)(C)c1ccccc1)c1ccccc1. The first-order chi connectivity index (χ1) is 13.4. The van der Waals surface area contributed by atoms with Gasteiger partial charge in [0.15, 0.2) is 0 Å². The predicted octanol–water partition coefficient (Wildman–Crippen LogP) is 6.51. The lowest BCUT2D eigenvalue weighted by Gasteiger charge is -2.44. The molecule has 1 saturated carbocycles. The van der Waals surface area contributed by atoms with Gasteiger partial charge in [0.2, 0.25) is 0 Å². The van der Waals surface area contributed by atoms with Crippen molar-refractivity contribution in [2.24, 2.45) is 11.8 Å². The summed E-state index contributed by atoms with van der Waals surface area (Å²) in [6, 6.07) is 20.7. The molecule has 0 heterocycles. The Kier molecular flexibility index (Phi) is 6.59. The second kappa shape index (κ2) is 8.94. The van der Waals surface area contributed by atoms with E-state index >= 15 is 0 Å². The van der Waals surface area contributed by atoms with Gasteiger partial charge in [0.25, 0.3) is 0 Å². The van der Waals surface area contributed by atoms with Crippen LogP contribution in [0.2, 0.25) is 0 Å². The first-order valence-corrected chi connectivity index (χ1v) is 10.7. The van der Waals surface area contributed by atoms with Crippen molar-refractivity contribution >= 4 is 5.97 Å². The van der Waals surface area contributed by atoms with Gasteiger partial charge in [0, 0.05) is 5.92 Å². The Morgan fingerprint density at radius 2 is 1.64 bits per heavy atom. The highest BCUT2D eigenvalue weighted by atomic mass is 16.5. The Morgan fingerprint density at radius 3 is 2.25 bits per heavy atom. The molecule has 0 aromatic heterocycles. The zero-order valence-electron chi connectivity index (χ0n) is 17.7. The summed E-state index contributed by atoms with van der Waals surface area (Å²) in [5.74, 6) is 0.682. The molecule has 0 saturated heterocycles. The summed E-state index contributed by atoms with van der Waals surface area (Å²) in [6.45, 7) is 8.95. The third-order valence-electron chi connectivity index (χ3n) is 6.66. The highest BCUT2D eigenvalue weighted by molar-refractivity contribution is 5.78. The highest BCUT2D eigenvalue weighted by Crippen LogP contribution is 2.44. The van der Waals surface area contributed by atoms with E-state index in [1.807, 2.05) is 30.3 Å². The van der Waals surface area contributed by atoms with Crippen LogP contribution in [0.5, 0.6) is 0 Å². The zero-order chi connectivity index (χ0) is 20.1. The van der Waals surface area contributed by atoms with Gasteiger partial charge in [-0.2, -0.15) is 0 Å². The minimum atomic E-state index is -0.182. The van der Waals surface area contributed by atoms with Crippen molar-refractivity contribution in [3.05, 3.63) is 71.8 Å². The van der Waals surface area contributed by atoms with E-state index in [0.29, 0.717) is 11.8 Å². The summed E-state index contributed by atoms with van der Waals surface area (Å²) in [6.07, 6.45) is 3.99. The Morgan fingerprint density at radius 1 is 1.04 bits per heavy atom. The molecule has 1 aliphatic carbocycles. The molecular formula is C26H34O2. The quantitative estimate of drug-likeness (QED) is 0.536. The van der Waals surface area contributed by atoms with Crippen molar-refractivity contribution in [1.82, 2.24) is 0 Å². The van der Waals surface area contributed by atoms with Gasteiger partial charge >= 0.3 is 5.97 Å². The Balaban J connectivity index is 1.82. The molecule has 0 aliphatic heterocycles. The molecule has 0 bridgehead atoms. The van der Waals surface area contributed by atoms with Crippen molar-refractivity contribution in [3.8, 4) is 0 Å². The van der Waals surface area contributed by atoms with Crippen molar-refractivity contribution in [2.75, 3.05) is 0 Å². The van der Waals surface area contributed by atoms with Crippen LogP contribution in [0.4, 0.5) is 0 Å².